The summed E-state index contributed by atoms with van der Waals surface area (Å²) in [7, 11) is 0. The number of nitrogens with zero attached hydrogens (tertiary/aromatic N) is 1. The molecule has 0 aromatic carbocycles. The molecule has 1 fully saturated rings. The van der Waals surface area contributed by atoms with Crippen LogP contribution in [0.2, 0.25) is 0 Å². The lowest BCUT2D eigenvalue weighted by atomic mass is 10.1. The van der Waals surface area contributed by atoms with Crippen molar-refractivity contribution in [1.82, 2.24) is 4.90 Å². The number of piperidine rings is 1. The van der Waals surface area contributed by atoms with Crippen LogP contribution >= 0.6 is 0 Å². The number of nitrogens with two attached hydrogens (primary N) is 1. The Morgan fingerprint density at radius 2 is 2.08 bits per heavy atom. The van der Waals surface area contributed by atoms with Crippen molar-refractivity contribution in [2.45, 2.75) is 25.0 Å². The first kappa shape index (κ1) is 10.4. The Hall–Kier alpha value is -0.650. The Morgan fingerprint density at radius 3 is 2.54 bits per heavy atom. The molecule has 1 aliphatic rings. The molecule has 0 saturated carbocycles. The number of likely N-dealkylation sites (tertiary alicyclic amines) is 1. The van der Waals surface area contributed by atoms with Crippen LogP contribution in [0.25, 0.3) is 0 Å². The molecule has 0 aromatic rings. The standard InChI is InChI=1S/C8H16N2O3/c9-7(8(12)13)5-10-3-1-6(11)2-4-10/h6-7,11H,1-5,9H2,(H,12,13). The lowest BCUT2D eigenvalue weighted by Crippen LogP contribution is -2.46. The van der Waals surface area contributed by atoms with E-state index in [4.69, 9.17) is 10.8 Å². The number of carboxylic acids is 1. The van der Waals surface area contributed by atoms with Crippen LogP contribution in [0.4, 0.5) is 0 Å². The number of rotatable bonds is 3. The van der Waals surface area contributed by atoms with Gasteiger partial charge in [-0.3, -0.25) is 4.79 Å². The van der Waals surface area contributed by atoms with Crippen molar-refractivity contribution in [3.8, 4) is 0 Å². The second kappa shape index (κ2) is 4.55. The minimum Gasteiger partial charge on any atom is -0.480 e. The molecule has 0 spiro atoms. The smallest absolute Gasteiger partial charge is 0.321 e. The summed E-state index contributed by atoms with van der Waals surface area (Å²) < 4.78 is 0. The zero-order chi connectivity index (χ0) is 9.84. The second-order valence-corrected chi connectivity index (χ2v) is 3.48. The number of hydrogen-bond donors (Lipinski definition) is 3. The maximum Gasteiger partial charge on any atom is 0.321 e. The zero-order valence-electron chi connectivity index (χ0n) is 7.52. The van der Waals surface area contributed by atoms with Crippen molar-refractivity contribution < 1.29 is 15.0 Å². The summed E-state index contributed by atoms with van der Waals surface area (Å²) in [6, 6.07) is -0.810. The van der Waals surface area contributed by atoms with Gasteiger partial charge in [0, 0.05) is 19.6 Å². The molecule has 0 radical (unpaired) electrons. The van der Waals surface area contributed by atoms with E-state index in [0.717, 1.165) is 13.1 Å². The average molecular weight is 188 g/mol. The highest BCUT2D eigenvalue weighted by molar-refractivity contribution is 5.73. The summed E-state index contributed by atoms with van der Waals surface area (Å²) in [5, 5.41) is 17.8. The third-order valence-electron chi connectivity index (χ3n) is 2.33. The van der Waals surface area contributed by atoms with Gasteiger partial charge >= 0.3 is 5.97 Å². The number of hydrogen-bond acceptors (Lipinski definition) is 4. The SMILES string of the molecule is NC(CN1CCC(O)CC1)C(=O)O. The molecule has 1 unspecified atom stereocenters. The Bertz CT molecular complexity index is 178. The first-order valence-electron chi connectivity index (χ1n) is 4.48. The molecule has 4 N–H and O–H groups in total. The van der Waals surface area contributed by atoms with E-state index in [2.05, 4.69) is 0 Å². The van der Waals surface area contributed by atoms with Crippen molar-refractivity contribution in [2.24, 2.45) is 5.73 Å². The normalized spacial score (nSPS) is 22.9. The number of aliphatic hydroxyl groups is 1. The van der Waals surface area contributed by atoms with E-state index in [9.17, 15) is 9.90 Å². The molecule has 1 saturated heterocycles. The van der Waals surface area contributed by atoms with Crippen LogP contribution in [0.1, 0.15) is 12.8 Å². The van der Waals surface area contributed by atoms with Crippen molar-refractivity contribution in [1.29, 1.82) is 0 Å². The van der Waals surface area contributed by atoms with Crippen LogP contribution < -0.4 is 5.73 Å². The van der Waals surface area contributed by atoms with Gasteiger partial charge in [0.15, 0.2) is 0 Å². The largest absolute Gasteiger partial charge is 0.480 e. The molecular formula is C8H16N2O3. The molecule has 0 amide bonds. The Balaban J connectivity index is 2.26. The lowest BCUT2D eigenvalue weighted by molar-refractivity contribution is -0.139. The van der Waals surface area contributed by atoms with E-state index < -0.39 is 12.0 Å². The molecule has 5 nitrogen and oxygen atoms in total. The van der Waals surface area contributed by atoms with Gasteiger partial charge in [0.25, 0.3) is 0 Å². The molecule has 13 heavy (non-hydrogen) atoms. The summed E-state index contributed by atoms with van der Waals surface area (Å²) in [5.74, 6) is -0.967. The zero-order valence-corrected chi connectivity index (χ0v) is 7.52. The Kier molecular flexibility index (Phi) is 3.65. The van der Waals surface area contributed by atoms with Gasteiger partial charge in [0.1, 0.15) is 6.04 Å². The van der Waals surface area contributed by atoms with Gasteiger partial charge in [-0.1, -0.05) is 0 Å². The predicted molar refractivity (Wildman–Crippen MR) is 47.3 cm³/mol. The first-order chi connectivity index (χ1) is 6.09. The summed E-state index contributed by atoms with van der Waals surface area (Å²) in [6.45, 7) is 1.85. The van der Waals surface area contributed by atoms with Crippen LogP contribution in [0.5, 0.6) is 0 Å². The maximum atomic E-state index is 10.4. The second-order valence-electron chi connectivity index (χ2n) is 3.48. The lowest BCUT2D eigenvalue weighted by Gasteiger charge is -2.30. The molecular weight excluding hydrogens is 172 g/mol. The summed E-state index contributed by atoms with van der Waals surface area (Å²) in [4.78, 5) is 12.4. The molecule has 1 heterocycles. The van der Waals surface area contributed by atoms with Gasteiger partial charge in [-0.25, -0.2) is 0 Å². The van der Waals surface area contributed by atoms with Gasteiger partial charge < -0.3 is 20.8 Å². The van der Waals surface area contributed by atoms with Crippen molar-refractivity contribution >= 4 is 5.97 Å². The molecule has 1 rings (SSSR count). The topological polar surface area (TPSA) is 86.8 Å². The van der Waals surface area contributed by atoms with Crippen LogP contribution in [-0.4, -0.2) is 52.9 Å². The van der Waals surface area contributed by atoms with E-state index in [1.54, 1.807) is 0 Å². The van der Waals surface area contributed by atoms with Gasteiger partial charge in [0.05, 0.1) is 6.10 Å². The maximum absolute atomic E-state index is 10.4. The van der Waals surface area contributed by atoms with Crippen LogP contribution in [0.3, 0.4) is 0 Å². The molecule has 76 valence electrons. The predicted octanol–water partition coefficient (Wildman–Crippen LogP) is -1.14. The first-order valence-corrected chi connectivity index (χ1v) is 4.48. The molecule has 1 aliphatic heterocycles. The van der Waals surface area contributed by atoms with E-state index in [-0.39, 0.29) is 6.10 Å². The minimum atomic E-state index is -0.967. The van der Waals surface area contributed by atoms with Crippen LogP contribution in [-0.2, 0) is 4.79 Å². The van der Waals surface area contributed by atoms with Gasteiger partial charge in [0.2, 0.25) is 0 Å². The monoisotopic (exact) mass is 188 g/mol. The molecule has 5 heteroatoms. The summed E-state index contributed by atoms with van der Waals surface area (Å²) >= 11 is 0. The average Bonchev–Trinajstić information content (AvgIpc) is 2.08. The fourth-order valence-corrected chi connectivity index (χ4v) is 1.46. The fraction of sp³-hybridized carbons (Fsp3) is 0.875. The highest BCUT2D eigenvalue weighted by Gasteiger charge is 2.21. The molecule has 0 aliphatic carbocycles. The number of aliphatic hydroxyl groups excluding tert-OH is 1. The fourth-order valence-electron chi connectivity index (χ4n) is 1.46. The molecule has 0 aromatic heterocycles. The summed E-state index contributed by atoms with van der Waals surface area (Å²) in [6.07, 6.45) is 1.20. The van der Waals surface area contributed by atoms with Gasteiger partial charge in [-0.15, -0.1) is 0 Å². The van der Waals surface area contributed by atoms with Crippen LogP contribution in [0.15, 0.2) is 0 Å². The van der Waals surface area contributed by atoms with Crippen molar-refractivity contribution in [2.75, 3.05) is 19.6 Å². The Morgan fingerprint density at radius 1 is 1.54 bits per heavy atom. The quantitative estimate of drug-likeness (QED) is 0.521. The van der Waals surface area contributed by atoms with Crippen molar-refractivity contribution in [3.05, 3.63) is 0 Å². The van der Waals surface area contributed by atoms with E-state index in [0.29, 0.717) is 19.4 Å². The van der Waals surface area contributed by atoms with E-state index in [1.165, 1.54) is 0 Å². The molecule has 0 bridgehead atoms. The third kappa shape index (κ3) is 3.30. The van der Waals surface area contributed by atoms with Gasteiger partial charge in [-0.05, 0) is 12.8 Å². The highest BCUT2D eigenvalue weighted by atomic mass is 16.4. The third-order valence-corrected chi connectivity index (χ3v) is 2.33. The van der Waals surface area contributed by atoms with Crippen LogP contribution in [0, 0.1) is 0 Å². The summed E-state index contributed by atoms with van der Waals surface area (Å²) in [5.41, 5.74) is 5.38. The van der Waals surface area contributed by atoms with Crippen molar-refractivity contribution in [3.63, 3.8) is 0 Å². The highest BCUT2D eigenvalue weighted by Crippen LogP contribution is 2.09. The number of aliphatic carboxylic acids is 1. The minimum absolute atomic E-state index is 0.225. The van der Waals surface area contributed by atoms with E-state index >= 15 is 0 Å². The number of carbonyl (C=O) groups is 1. The number of carboxylic acid groups (broad SMARTS) is 1. The van der Waals surface area contributed by atoms with E-state index in [1.807, 2.05) is 4.90 Å². The van der Waals surface area contributed by atoms with Gasteiger partial charge in [-0.2, -0.15) is 0 Å². The molecule has 1 atom stereocenters. The Labute approximate surface area is 77.1 Å².